The van der Waals surface area contributed by atoms with Crippen LogP contribution in [0.3, 0.4) is 0 Å². The predicted molar refractivity (Wildman–Crippen MR) is 92.2 cm³/mol. The second-order valence-corrected chi connectivity index (χ2v) is 7.59. The quantitative estimate of drug-likeness (QED) is 0.399. The Morgan fingerprint density at radius 1 is 1.19 bits per heavy atom. The molecule has 0 aliphatic carbocycles. The second-order valence-electron chi connectivity index (χ2n) is 7.59. The van der Waals surface area contributed by atoms with E-state index in [0.29, 0.717) is 0 Å². The minimum Gasteiger partial charge on any atom is -0.469 e. The number of carbonyl (C=O) groups is 4. The fraction of sp³-hybridized carbons (Fsp3) is 0.778. The zero-order valence-electron chi connectivity index (χ0n) is 16.3. The lowest BCUT2D eigenvalue weighted by molar-refractivity contribution is -0.149. The molecule has 1 rings (SSSR count). The summed E-state index contributed by atoms with van der Waals surface area (Å²) in [7, 11) is 2.49. The molecule has 8 nitrogen and oxygen atoms in total. The highest BCUT2D eigenvalue weighted by Crippen LogP contribution is 2.39. The minimum absolute atomic E-state index is 0.0522. The van der Waals surface area contributed by atoms with Crippen LogP contribution in [-0.2, 0) is 28.6 Å². The van der Waals surface area contributed by atoms with Crippen molar-refractivity contribution in [2.75, 3.05) is 20.8 Å². The molecule has 1 aliphatic heterocycles. The Labute approximate surface area is 154 Å². The molecule has 8 heteroatoms. The smallest absolute Gasteiger partial charge is 0.411 e. The van der Waals surface area contributed by atoms with Crippen LogP contribution in [0.5, 0.6) is 0 Å². The highest BCUT2D eigenvalue weighted by Gasteiger charge is 2.51. The molecule has 0 N–H and O–H groups in total. The molecule has 0 bridgehead atoms. The van der Waals surface area contributed by atoms with Crippen molar-refractivity contribution in [3.05, 3.63) is 0 Å². The molecule has 1 amide bonds. The molecule has 1 saturated heterocycles. The SMILES string of the molecule is COC(=O)C[C@@H]1C(C(=O)OC)N(C(=O)OC(C)(C)C)C[C@H]1[C@H](C)CC=O. The summed E-state index contributed by atoms with van der Waals surface area (Å²) in [6.45, 7) is 7.24. The van der Waals surface area contributed by atoms with E-state index in [9.17, 15) is 19.2 Å². The van der Waals surface area contributed by atoms with Crippen molar-refractivity contribution < 1.29 is 33.4 Å². The zero-order chi connectivity index (χ0) is 20.1. The number of hydrogen-bond acceptors (Lipinski definition) is 7. The fourth-order valence-electron chi connectivity index (χ4n) is 3.34. The Hall–Kier alpha value is -2.12. The highest BCUT2D eigenvalue weighted by atomic mass is 16.6. The molecule has 0 aromatic rings. The van der Waals surface area contributed by atoms with Crippen molar-refractivity contribution in [1.29, 1.82) is 0 Å². The van der Waals surface area contributed by atoms with E-state index in [2.05, 4.69) is 0 Å². The summed E-state index contributed by atoms with van der Waals surface area (Å²) in [5.41, 5.74) is -0.734. The van der Waals surface area contributed by atoms with Crippen LogP contribution in [-0.4, -0.2) is 61.6 Å². The number of hydrogen-bond donors (Lipinski definition) is 0. The third-order valence-corrected chi connectivity index (χ3v) is 4.60. The van der Waals surface area contributed by atoms with Crippen LogP contribution < -0.4 is 0 Å². The molecule has 1 aliphatic rings. The molecular weight excluding hydrogens is 342 g/mol. The Kier molecular flexibility index (Phi) is 7.59. The first-order valence-corrected chi connectivity index (χ1v) is 8.63. The normalized spacial score (nSPS) is 23.9. The average molecular weight is 371 g/mol. The van der Waals surface area contributed by atoms with Crippen molar-refractivity contribution in [2.45, 2.75) is 52.2 Å². The van der Waals surface area contributed by atoms with Crippen LogP contribution in [0.4, 0.5) is 4.79 Å². The molecule has 0 aromatic carbocycles. The summed E-state index contributed by atoms with van der Waals surface area (Å²) in [5, 5.41) is 0. The van der Waals surface area contributed by atoms with Crippen molar-refractivity contribution in [3.63, 3.8) is 0 Å². The molecule has 148 valence electrons. The molecule has 0 radical (unpaired) electrons. The van der Waals surface area contributed by atoms with Crippen molar-refractivity contribution in [1.82, 2.24) is 4.90 Å². The lowest BCUT2D eigenvalue weighted by Crippen LogP contribution is -2.46. The predicted octanol–water partition coefficient (Wildman–Crippen LogP) is 1.80. The second kappa shape index (κ2) is 9.00. The Balaban J connectivity index is 3.23. The van der Waals surface area contributed by atoms with Crippen LogP contribution in [0, 0.1) is 17.8 Å². The van der Waals surface area contributed by atoms with Gasteiger partial charge in [0, 0.05) is 18.9 Å². The van der Waals surface area contributed by atoms with Gasteiger partial charge in [0.1, 0.15) is 17.9 Å². The maximum atomic E-state index is 12.6. The first-order valence-electron chi connectivity index (χ1n) is 8.63. The molecule has 0 spiro atoms. The van der Waals surface area contributed by atoms with Gasteiger partial charge in [0.2, 0.25) is 0 Å². The van der Waals surface area contributed by atoms with Gasteiger partial charge in [-0.15, -0.1) is 0 Å². The molecule has 0 saturated carbocycles. The van der Waals surface area contributed by atoms with Gasteiger partial charge in [-0.2, -0.15) is 0 Å². The van der Waals surface area contributed by atoms with E-state index in [4.69, 9.17) is 14.2 Å². The molecule has 1 unspecified atom stereocenters. The molecule has 0 aromatic heterocycles. The van der Waals surface area contributed by atoms with Crippen LogP contribution in [0.2, 0.25) is 0 Å². The van der Waals surface area contributed by atoms with E-state index < -0.39 is 35.6 Å². The zero-order valence-corrected chi connectivity index (χ0v) is 16.3. The Morgan fingerprint density at radius 2 is 1.81 bits per heavy atom. The summed E-state index contributed by atoms with van der Waals surface area (Å²) >= 11 is 0. The Bertz CT molecular complexity index is 540. The standard InChI is InChI=1S/C18H29NO7/c1-11(7-8-20)13-10-19(17(23)26-18(2,3)4)15(16(22)25-6)12(13)9-14(21)24-5/h8,11-13,15H,7,9-10H2,1-6H3/t11-,12+,13+,15?/m1/s1. The summed E-state index contributed by atoms with van der Waals surface area (Å²) in [6, 6.07) is -0.965. The topological polar surface area (TPSA) is 99.2 Å². The molecular formula is C18H29NO7. The monoisotopic (exact) mass is 371 g/mol. The van der Waals surface area contributed by atoms with Gasteiger partial charge in [-0.1, -0.05) is 6.92 Å². The van der Waals surface area contributed by atoms with E-state index in [-0.39, 0.29) is 31.2 Å². The average Bonchev–Trinajstić information content (AvgIpc) is 2.92. The maximum Gasteiger partial charge on any atom is 0.411 e. The number of ether oxygens (including phenoxy) is 3. The van der Waals surface area contributed by atoms with Gasteiger partial charge in [0.05, 0.1) is 20.6 Å². The number of amides is 1. The summed E-state index contributed by atoms with van der Waals surface area (Å²) in [5.74, 6) is -1.99. The molecule has 1 fully saturated rings. The largest absolute Gasteiger partial charge is 0.469 e. The molecule has 1 heterocycles. The molecule has 26 heavy (non-hydrogen) atoms. The molecule has 4 atom stereocenters. The fourth-order valence-corrected chi connectivity index (χ4v) is 3.34. The van der Waals surface area contributed by atoms with Crippen LogP contribution in [0.15, 0.2) is 0 Å². The van der Waals surface area contributed by atoms with Gasteiger partial charge < -0.3 is 19.0 Å². The Morgan fingerprint density at radius 3 is 2.27 bits per heavy atom. The van der Waals surface area contributed by atoms with Crippen molar-refractivity contribution in [3.8, 4) is 0 Å². The van der Waals surface area contributed by atoms with Gasteiger partial charge >= 0.3 is 18.0 Å². The number of rotatable bonds is 6. The number of nitrogens with zero attached hydrogens (tertiary/aromatic N) is 1. The third-order valence-electron chi connectivity index (χ3n) is 4.60. The van der Waals surface area contributed by atoms with Crippen LogP contribution in [0.1, 0.15) is 40.5 Å². The lowest BCUT2D eigenvalue weighted by Gasteiger charge is -2.29. The van der Waals surface area contributed by atoms with Gasteiger partial charge in [0.25, 0.3) is 0 Å². The number of esters is 2. The van der Waals surface area contributed by atoms with Gasteiger partial charge in [0.15, 0.2) is 0 Å². The van der Waals surface area contributed by atoms with Gasteiger partial charge in [-0.25, -0.2) is 9.59 Å². The van der Waals surface area contributed by atoms with E-state index in [1.165, 1.54) is 19.1 Å². The summed E-state index contributed by atoms with van der Waals surface area (Å²) in [4.78, 5) is 49.2. The van der Waals surface area contributed by atoms with Gasteiger partial charge in [-0.05, 0) is 32.6 Å². The number of aldehydes is 1. The van der Waals surface area contributed by atoms with Crippen LogP contribution in [0.25, 0.3) is 0 Å². The highest BCUT2D eigenvalue weighted by molar-refractivity contribution is 5.84. The number of likely N-dealkylation sites (tertiary alicyclic amines) is 1. The van der Waals surface area contributed by atoms with Crippen LogP contribution >= 0.6 is 0 Å². The minimum atomic E-state index is -0.965. The van der Waals surface area contributed by atoms with E-state index in [0.717, 1.165) is 6.29 Å². The van der Waals surface area contributed by atoms with Crippen molar-refractivity contribution in [2.24, 2.45) is 17.8 Å². The summed E-state index contributed by atoms with van der Waals surface area (Å²) < 4.78 is 15.0. The van der Waals surface area contributed by atoms with Crippen molar-refractivity contribution >= 4 is 24.3 Å². The summed E-state index contributed by atoms with van der Waals surface area (Å²) in [6.07, 6.45) is 0.355. The number of methoxy groups -OCH3 is 2. The third kappa shape index (κ3) is 5.44. The van der Waals surface area contributed by atoms with E-state index in [1.54, 1.807) is 20.8 Å². The van der Waals surface area contributed by atoms with Gasteiger partial charge in [-0.3, -0.25) is 9.69 Å². The lowest BCUT2D eigenvalue weighted by atomic mass is 9.79. The number of carbonyl (C=O) groups excluding carboxylic acids is 4. The van der Waals surface area contributed by atoms with E-state index >= 15 is 0 Å². The maximum absolute atomic E-state index is 12.6. The first kappa shape index (κ1) is 21.9. The first-order chi connectivity index (χ1) is 12.1. The van der Waals surface area contributed by atoms with E-state index in [1.807, 2.05) is 6.92 Å².